The molecule has 0 bridgehead atoms. The summed E-state index contributed by atoms with van der Waals surface area (Å²) in [5.41, 5.74) is 1.58. The molecule has 1 amide bonds. The van der Waals surface area contributed by atoms with Gasteiger partial charge in [0.05, 0.1) is 11.1 Å². The number of carbonyl (C=O) groups is 1. The van der Waals surface area contributed by atoms with Crippen molar-refractivity contribution >= 4 is 33.1 Å². The van der Waals surface area contributed by atoms with Crippen LogP contribution in [0.1, 0.15) is 16.0 Å². The Morgan fingerprint density at radius 1 is 1.06 bits per heavy atom. The summed E-state index contributed by atoms with van der Waals surface area (Å²) in [6.07, 6.45) is 0. The molecule has 0 unspecified atom stereocenters. The lowest BCUT2D eigenvalue weighted by Gasteiger charge is -2.13. The summed E-state index contributed by atoms with van der Waals surface area (Å²) in [7, 11) is 0. The number of hydrogen-bond acceptors (Lipinski definition) is 4. The zero-order valence-electron chi connectivity index (χ0n) is 17.2. The Morgan fingerprint density at radius 2 is 1.77 bits per heavy atom. The smallest absolute Gasteiger partial charge is 0.325 e. The predicted octanol–water partition coefficient (Wildman–Crippen LogP) is 3.92. The highest BCUT2D eigenvalue weighted by atomic mass is 32.1. The molecule has 0 atom stereocenters. The fourth-order valence-electron chi connectivity index (χ4n) is 3.47. The van der Waals surface area contributed by atoms with Crippen LogP contribution in [0.15, 0.2) is 58.1 Å². The summed E-state index contributed by atoms with van der Waals surface area (Å²) in [5.74, 6) is -0.862. The molecule has 8 heteroatoms. The number of aryl methyl sites for hydroxylation is 3. The van der Waals surface area contributed by atoms with Gasteiger partial charge in [-0.2, -0.15) is 0 Å². The van der Waals surface area contributed by atoms with Crippen molar-refractivity contribution in [3.8, 4) is 5.69 Å². The maximum Gasteiger partial charge on any atom is 0.337 e. The Morgan fingerprint density at radius 3 is 2.45 bits per heavy atom. The van der Waals surface area contributed by atoms with E-state index < -0.39 is 23.0 Å². The van der Waals surface area contributed by atoms with Crippen molar-refractivity contribution in [1.82, 2.24) is 9.13 Å². The third kappa shape index (κ3) is 3.82. The van der Waals surface area contributed by atoms with Gasteiger partial charge in [0.15, 0.2) is 0 Å². The van der Waals surface area contributed by atoms with Gasteiger partial charge in [0.2, 0.25) is 5.91 Å². The average Bonchev–Trinajstić information content (AvgIpc) is 3.02. The lowest BCUT2D eigenvalue weighted by Crippen LogP contribution is -2.40. The highest BCUT2D eigenvalue weighted by Gasteiger charge is 2.21. The number of fused-ring (bicyclic) bond motifs is 1. The highest BCUT2D eigenvalue weighted by molar-refractivity contribution is 7.18. The molecular formula is C23H20FN3O3S. The maximum atomic E-state index is 13.4. The first-order chi connectivity index (χ1) is 14.8. The highest BCUT2D eigenvalue weighted by Crippen LogP contribution is 2.27. The zero-order valence-corrected chi connectivity index (χ0v) is 18.0. The minimum atomic E-state index is -0.585. The van der Waals surface area contributed by atoms with E-state index >= 15 is 0 Å². The van der Waals surface area contributed by atoms with Gasteiger partial charge in [-0.05, 0) is 68.3 Å². The minimum absolute atomic E-state index is 0.280. The molecule has 31 heavy (non-hydrogen) atoms. The van der Waals surface area contributed by atoms with Crippen LogP contribution in [0.5, 0.6) is 0 Å². The summed E-state index contributed by atoms with van der Waals surface area (Å²) < 4.78 is 15.6. The first kappa shape index (κ1) is 20.7. The molecule has 0 aliphatic carbocycles. The summed E-state index contributed by atoms with van der Waals surface area (Å²) in [6.45, 7) is 5.31. The third-order valence-electron chi connectivity index (χ3n) is 5.14. The van der Waals surface area contributed by atoms with Gasteiger partial charge < -0.3 is 5.32 Å². The molecule has 6 nitrogen and oxygen atoms in total. The summed E-state index contributed by atoms with van der Waals surface area (Å²) >= 11 is 1.31. The van der Waals surface area contributed by atoms with Gasteiger partial charge in [-0.25, -0.2) is 13.8 Å². The third-order valence-corrected chi connectivity index (χ3v) is 6.37. The van der Waals surface area contributed by atoms with Crippen molar-refractivity contribution in [2.45, 2.75) is 27.3 Å². The maximum absolute atomic E-state index is 13.4. The molecule has 0 spiro atoms. The fraction of sp³-hybridized carbons (Fsp3) is 0.174. The van der Waals surface area contributed by atoms with Crippen molar-refractivity contribution in [3.63, 3.8) is 0 Å². The normalized spacial score (nSPS) is 11.1. The van der Waals surface area contributed by atoms with Crippen LogP contribution in [0.3, 0.4) is 0 Å². The second kappa shape index (κ2) is 7.96. The van der Waals surface area contributed by atoms with Gasteiger partial charge in [0.1, 0.15) is 17.2 Å². The number of halogens is 1. The minimum Gasteiger partial charge on any atom is -0.325 e. The molecule has 4 rings (SSSR count). The van der Waals surface area contributed by atoms with Crippen LogP contribution < -0.4 is 16.6 Å². The van der Waals surface area contributed by atoms with Crippen molar-refractivity contribution in [3.05, 3.63) is 91.2 Å². The van der Waals surface area contributed by atoms with E-state index in [0.717, 1.165) is 20.6 Å². The number of rotatable bonds is 4. The second-order valence-corrected chi connectivity index (χ2v) is 8.57. The van der Waals surface area contributed by atoms with E-state index in [1.165, 1.54) is 40.2 Å². The van der Waals surface area contributed by atoms with E-state index in [-0.39, 0.29) is 6.54 Å². The number of aromatic nitrogens is 2. The lowest BCUT2D eigenvalue weighted by atomic mass is 10.2. The summed E-state index contributed by atoms with van der Waals surface area (Å²) in [5, 5.41) is 3.09. The van der Waals surface area contributed by atoms with Gasteiger partial charge in [-0.3, -0.25) is 14.2 Å². The number of thiophene rings is 1. The van der Waals surface area contributed by atoms with Crippen LogP contribution in [0.25, 0.3) is 15.9 Å². The Kier molecular flexibility index (Phi) is 5.32. The largest absolute Gasteiger partial charge is 0.337 e. The molecule has 1 N–H and O–H groups in total. The van der Waals surface area contributed by atoms with Crippen LogP contribution in [0, 0.1) is 26.6 Å². The van der Waals surface area contributed by atoms with Crippen LogP contribution in [0.4, 0.5) is 10.1 Å². The molecule has 4 aromatic rings. The topological polar surface area (TPSA) is 73.1 Å². The Bertz CT molecular complexity index is 1430. The number of hydrogen-bond donors (Lipinski definition) is 1. The second-order valence-electron chi connectivity index (χ2n) is 7.37. The number of nitrogens with zero attached hydrogens (tertiary/aromatic N) is 2. The van der Waals surface area contributed by atoms with Gasteiger partial charge >= 0.3 is 5.69 Å². The van der Waals surface area contributed by atoms with Gasteiger partial charge in [-0.1, -0.05) is 12.1 Å². The van der Waals surface area contributed by atoms with E-state index in [4.69, 9.17) is 0 Å². The lowest BCUT2D eigenvalue weighted by molar-refractivity contribution is -0.116. The summed E-state index contributed by atoms with van der Waals surface area (Å²) in [6, 6.07) is 12.5. The van der Waals surface area contributed by atoms with Crippen LogP contribution >= 0.6 is 11.3 Å². The molecule has 0 saturated heterocycles. The van der Waals surface area contributed by atoms with E-state index in [1.807, 2.05) is 26.8 Å². The molecule has 0 saturated carbocycles. The van der Waals surface area contributed by atoms with Crippen molar-refractivity contribution in [2.75, 3.05) is 5.32 Å². The van der Waals surface area contributed by atoms with Gasteiger partial charge in [0, 0.05) is 10.6 Å². The molecule has 0 aliphatic rings. The number of carbonyl (C=O) groups excluding carboxylic acids is 1. The number of anilines is 1. The standard InChI is InChI=1S/C23H20FN3O3S/c1-13-5-4-6-18(11-13)27-21(29)20-14(2)15(3)31-22(20)26(23(27)30)12-19(28)25-17-9-7-16(24)8-10-17/h4-11H,12H2,1-3H3,(H,25,28). The fourth-order valence-corrected chi connectivity index (χ4v) is 4.61. The number of benzene rings is 2. The first-order valence-corrected chi connectivity index (χ1v) is 10.5. The zero-order chi connectivity index (χ0) is 22.3. The predicted molar refractivity (Wildman–Crippen MR) is 121 cm³/mol. The monoisotopic (exact) mass is 437 g/mol. The summed E-state index contributed by atoms with van der Waals surface area (Å²) in [4.78, 5) is 40.7. The van der Waals surface area contributed by atoms with E-state index in [9.17, 15) is 18.8 Å². The molecule has 158 valence electrons. The van der Waals surface area contributed by atoms with E-state index in [0.29, 0.717) is 21.6 Å². The Balaban J connectivity index is 1.87. The quantitative estimate of drug-likeness (QED) is 0.526. The van der Waals surface area contributed by atoms with Crippen molar-refractivity contribution in [1.29, 1.82) is 0 Å². The average molecular weight is 437 g/mol. The van der Waals surface area contributed by atoms with E-state index in [1.54, 1.807) is 18.2 Å². The SMILES string of the molecule is Cc1cccc(-n2c(=O)c3c(C)c(C)sc3n(CC(=O)Nc3ccc(F)cc3)c2=O)c1. The molecule has 2 aromatic heterocycles. The molecular weight excluding hydrogens is 417 g/mol. The Labute approximate surface area is 181 Å². The molecule has 0 aliphatic heterocycles. The molecule has 0 radical (unpaired) electrons. The molecule has 2 heterocycles. The first-order valence-electron chi connectivity index (χ1n) is 9.64. The van der Waals surface area contributed by atoms with Crippen molar-refractivity contribution in [2.24, 2.45) is 0 Å². The van der Waals surface area contributed by atoms with Crippen LogP contribution in [0.2, 0.25) is 0 Å². The van der Waals surface area contributed by atoms with E-state index in [2.05, 4.69) is 5.32 Å². The van der Waals surface area contributed by atoms with Crippen LogP contribution in [-0.2, 0) is 11.3 Å². The number of amides is 1. The Hall–Kier alpha value is -3.52. The van der Waals surface area contributed by atoms with Gasteiger partial charge in [-0.15, -0.1) is 11.3 Å². The molecule has 2 aromatic carbocycles. The van der Waals surface area contributed by atoms with Crippen LogP contribution in [-0.4, -0.2) is 15.0 Å². The number of nitrogens with one attached hydrogen (secondary N) is 1. The van der Waals surface area contributed by atoms with Crippen molar-refractivity contribution < 1.29 is 9.18 Å². The van der Waals surface area contributed by atoms with Gasteiger partial charge in [0.25, 0.3) is 5.56 Å². The molecule has 0 fully saturated rings.